The van der Waals surface area contributed by atoms with Gasteiger partial charge in [-0.2, -0.15) is 0 Å². The monoisotopic (exact) mass is 171 g/mol. The molecule has 3 heteroatoms. The van der Waals surface area contributed by atoms with Gasteiger partial charge in [0.25, 0.3) is 0 Å². The largest absolute Gasteiger partial charge is 2.00 e. The van der Waals surface area contributed by atoms with Crippen molar-refractivity contribution in [2.75, 3.05) is 0 Å². The molecule has 2 aromatic rings. The van der Waals surface area contributed by atoms with Crippen LogP contribution >= 0.6 is 0 Å². The predicted octanol–water partition coefficient (Wildman–Crippen LogP) is 1.78. The number of phenolic OH excluding ortho intramolecular Hbond substituents is 1. The fourth-order valence-electron chi connectivity index (χ4n) is 1.09. The third-order valence-electron chi connectivity index (χ3n) is 1.61. The van der Waals surface area contributed by atoms with E-state index in [9.17, 15) is 5.11 Å². The molecule has 2 rings (SSSR count). The topological polar surface area (TPSA) is 33.1 Å². The minimum Gasteiger partial charge on any atom is -1.00 e. The van der Waals surface area contributed by atoms with Gasteiger partial charge in [0.1, 0.15) is 11.3 Å². The van der Waals surface area contributed by atoms with Crippen molar-refractivity contribution in [3.8, 4) is 5.75 Å². The molecular weight excluding hydrogens is 162 g/mol. The Hall–Kier alpha value is -0.804. The van der Waals surface area contributed by atoms with Gasteiger partial charge in [-0.25, -0.2) is 0 Å². The van der Waals surface area contributed by atoms with Crippen LogP contribution in [-0.4, -0.2) is 33.1 Å². The van der Waals surface area contributed by atoms with Gasteiger partial charge in [-0.15, -0.1) is 0 Å². The first-order valence-corrected chi connectivity index (χ1v) is 3.40. The van der Waals surface area contributed by atoms with E-state index >= 15 is 0 Å². The number of phenols is 1. The number of benzene rings is 1. The fraction of sp³-hybridized carbons (Fsp3) is 0. The summed E-state index contributed by atoms with van der Waals surface area (Å²) in [6.45, 7) is 0. The second kappa shape index (κ2) is 3.73. The molecule has 0 fully saturated rings. The average molecular weight is 171 g/mol. The van der Waals surface area contributed by atoms with Crippen LogP contribution in [0.3, 0.4) is 0 Å². The number of fused-ring (bicyclic) bond motifs is 1. The zero-order valence-electron chi connectivity index (χ0n) is 8.57. The first-order chi connectivity index (χ1) is 5.38. The minimum atomic E-state index is 0. The Bertz CT molecular complexity index is 392. The number of hydrogen-bond acceptors (Lipinski definition) is 2. The van der Waals surface area contributed by atoms with Gasteiger partial charge in [0.15, 0.2) is 0 Å². The molecule has 0 saturated heterocycles. The van der Waals surface area contributed by atoms with E-state index in [4.69, 9.17) is 0 Å². The molecule has 0 aliphatic carbocycles. The third kappa shape index (κ3) is 1.51. The van der Waals surface area contributed by atoms with E-state index in [0.717, 1.165) is 5.39 Å². The maximum absolute atomic E-state index is 9.31. The molecule has 1 aromatic heterocycles. The van der Waals surface area contributed by atoms with E-state index in [-0.39, 0.29) is 31.7 Å². The maximum atomic E-state index is 9.31. The Balaban J connectivity index is 0. The summed E-state index contributed by atoms with van der Waals surface area (Å²) in [6.07, 6.45) is 1.67. The molecule has 0 aliphatic rings. The SMILES string of the molecule is Oc1cccc2cccnc12.[H-].[H-].[Mg+2]. The van der Waals surface area contributed by atoms with Crippen molar-refractivity contribution in [3.05, 3.63) is 36.5 Å². The van der Waals surface area contributed by atoms with Crippen LogP contribution in [-0.2, 0) is 0 Å². The van der Waals surface area contributed by atoms with Gasteiger partial charge in [0.2, 0.25) is 0 Å². The number of aromatic hydroxyl groups is 1. The summed E-state index contributed by atoms with van der Waals surface area (Å²) >= 11 is 0. The van der Waals surface area contributed by atoms with Gasteiger partial charge in [-0.3, -0.25) is 4.98 Å². The Kier molecular flexibility index (Phi) is 2.89. The first-order valence-electron chi connectivity index (χ1n) is 3.40. The molecule has 0 bridgehead atoms. The number of rotatable bonds is 0. The van der Waals surface area contributed by atoms with Crippen molar-refractivity contribution >= 4 is 34.0 Å². The molecule has 12 heavy (non-hydrogen) atoms. The predicted molar refractivity (Wildman–Crippen MR) is 51.4 cm³/mol. The number of nitrogens with zero attached hydrogens (tertiary/aromatic N) is 1. The number of pyridine rings is 1. The maximum Gasteiger partial charge on any atom is 2.00 e. The van der Waals surface area contributed by atoms with E-state index in [2.05, 4.69) is 4.98 Å². The molecule has 0 aliphatic heterocycles. The molecule has 0 atom stereocenters. The molecule has 58 valence electrons. The molecule has 0 radical (unpaired) electrons. The number of para-hydroxylation sites is 1. The Morgan fingerprint density at radius 3 is 2.67 bits per heavy atom. The zero-order valence-corrected chi connectivity index (χ0v) is 7.98. The van der Waals surface area contributed by atoms with Crippen LogP contribution in [0.2, 0.25) is 0 Å². The molecule has 0 amide bonds. The van der Waals surface area contributed by atoms with Crippen molar-refractivity contribution < 1.29 is 7.96 Å². The summed E-state index contributed by atoms with van der Waals surface area (Å²) in [5.41, 5.74) is 0.662. The van der Waals surface area contributed by atoms with Gasteiger partial charge in [0.05, 0.1) is 0 Å². The van der Waals surface area contributed by atoms with Crippen LogP contribution in [0, 0.1) is 0 Å². The van der Waals surface area contributed by atoms with Crippen LogP contribution in [0.4, 0.5) is 0 Å². The second-order valence-electron chi connectivity index (χ2n) is 2.35. The smallest absolute Gasteiger partial charge is 1.00 e. The molecule has 1 N–H and O–H groups in total. The van der Waals surface area contributed by atoms with Crippen LogP contribution in [0.5, 0.6) is 5.75 Å². The molecule has 1 heterocycles. The van der Waals surface area contributed by atoms with Crippen LogP contribution in [0.1, 0.15) is 2.85 Å². The van der Waals surface area contributed by atoms with Crippen LogP contribution in [0.15, 0.2) is 36.5 Å². The molecule has 0 unspecified atom stereocenters. The van der Waals surface area contributed by atoms with E-state index in [1.54, 1.807) is 18.3 Å². The molecule has 0 saturated carbocycles. The van der Waals surface area contributed by atoms with Gasteiger partial charge < -0.3 is 7.96 Å². The quantitative estimate of drug-likeness (QED) is 0.613. The van der Waals surface area contributed by atoms with Crippen molar-refractivity contribution in [2.24, 2.45) is 0 Å². The van der Waals surface area contributed by atoms with Gasteiger partial charge in [-0.1, -0.05) is 18.2 Å². The number of hydrogen-bond donors (Lipinski definition) is 1. The second-order valence-corrected chi connectivity index (χ2v) is 2.35. The normalized spacial score (nSPS) is 9.33. The van der Waals surface area contributed by atoms with Crippen molar-refractivity contribution in [1.29, 1.82) is 0 Å². The Morgan fingerprint density at radius 1 is 1.17 bits per heavy atom. The standard InChI is InChI=1S/C9H7NO.Mg.2H/c11-8-5-1-3-7-4-2-6-10-9(7)8;;;/h1-6,11H;;;/q;+2;2*-1. The summed E-state index contributed by atoms with van der Waals surface area (Å²) in [5, 5.41) is 10.3. The first kappa shape index (κ1) is 9.29. The summed E-state index contributed by atoms with van der Waals surface area (Å²) in [5.74, 6) is 0.239. The van der Waals surface area contributed by atoms with Crippen LogP contribution in [0.25, 0.3) is 10.9 Å². The van der Waals surface area contributed by atoms with Crippen molar-refractivity contribution in [1.82, 2.24) is 4.98 Å². The van der Waals surface area contributed by atoms with Gasteiger partial charge in [-0.05, 0) is 12.1 Å². The van der Waals surface area contributed by atoms with Gasteiger partial charge in [0, 0.05) is 11.6 Å². The summed E-state index contributed by atoms with van der Waals surface area (Å²) in [7, 11) is 0. The molecule has 2 nitrogen and oxygen atoms in total. The van der Waals surface area contributed by atoms with Gasteiger partial charge >= 0.3 is 23.1 Å². The number of aromatic nitrogens is 1. The minimum absolute atomic E-state index is 0. The van der Waals surface area contributed by atoms with E-state index in [1.807, 2.05) is 18.2 Å². The molecular formula is C9H9MgNO. The summed E-state index contributed by atoms with van der Waals surface area (Å²) in [6, 6.07) is 9.13. The Morgan fingerprint density at radius 2 is 1.92 bits per heavy atom. The summed E-state index contributed by atoms with van der Waals surface area (Å²) < 4.78 is 0. The Labute approximate surface area is 89.4 Å². The fourth-order valence-corrected chi connectivity index (χ4v) is 1.09. The van der Waals surface area contributed by atoms with Crippen molar-refractivity contribution in [2.45, 2.75) is 0 Å². The van der Waals surface area contributed by atoms with Crippen LogP contribution < -0.4 is 0 Å². The molecule has 0 spiro atoms. The zero-order chi connectivity index (χ0) is 7.68. The third-order valence-corrected chi connectivity index (χ3v) is 1.61. The van der Waals surface area contributed by atoms with Crippen molar-refractivity contribution in [3.63, 3.8) is 0 Å². The van der Waals surface area contributed by atoms with E-state index in [1.165, 1.54) is 0 Å². The van der Waals surface area contributed by atoms with E-state index in [0.29, 0.717) is 5.52 Å². The molecule has 1 aromatic carbocycles. The summed E-state index contributed by atoms with van der Waals surface area (Å²) in [4.78, 5) is 4.03. The van der Waals surface area contributed by atoms with E-state index < -0.39 is 0 Å². The average Bonchev–Trinajstić information content (AvgIpc) is 2.06.